The largest absolute Gasteiger partial charge is 0.316 e. The predicted octanol–water partition coefficient (Wildman–Crippen LogP) is 4.45. The fourth-order valence-electron chi connectivity index (χ4n) is 3.05. The molecule has 0 bridgehead atoms. The molecular weight excluding hydrogens is 317 g/mol. The van der Waals surface area contributed by atoms with Crippen molar-refractivity contribution in [3.8, 4) is 0 Å². The zero-order chi connectivity index (χ0) is 13.9. The van der Waals surface area contributed by atoms with E-state index in [9.17, 15) is 4.39 Å². The van der Waals surface area contributed by atoms with Crippen molar-refractivity contribution in [3.63, 3.8) is 0 Å². The molecule has 3 heteroatoms. The Bertz CT molecular complexity index is 582. The van der Waals surface area contributed by atoms with E-state index < -0.39 is 0 Å². The molecule has 2 aromatic rings. The van der Waals surface area contributed by atoms with E-state index in [1.807, 2.05) is 18.2 Å². The van der Waals surface area contributed by atoms with Crippen molar-refractivity contribution in [2.45, 2.75) is 18.3 Å². The third-order valence-electron chi connectivity index (χ3n) is 4.06. The minimum absolute atomic E-state index is 0.165. The highest BCUT2D eigenvalue weighted by Gasteiger charge is 2.27. The highest BCUT2D eigenvalue weighted by atomic mass is 79.9. The van der Waals surface area contributed by atoms with E-state index in [4.69, 9.17) is 0 Å². The van der Waals surface area contributed by atoms with Crippen molar-refractivity contribution in [1.82, 2.24) is 5.32 Å². The van der Waals surface area contributed by atoms with Crippen LogP contribution in [0.4, 0.5) is 4.39 Å². The van der Waals surface area contributed by atoms with Gasteiger partial charge in [0.2, 0.25) is 0 Å². The van der Waals surface area contributed by atoms with Crippen LogP contribution in [0.5, 0.6) is 0 Å². The average molecular weight is 334 g/mol. The van der Waals surface area contributed by atoms with E-state index in [-0.39, 0.29) is 5.82 Å². The van der Waals surface area contributed by atoms with Gasteiger partial charge in [-0.05, 0) is 54.3 Å². The Labute approximate surface area is 127 Å². The molecule has 1 N–H and O–H groups in total. The van der Waals surface area contributed by atoms with Crippen LogP contribution in [0.1, 0.15) is 29.4 Å². The van der Waals surface area contributed by atoms with Gasteiger partial charge in [-0.25, -0.2) is 4.39 Å². The van der Waals surface area contributed by atoms with Crippen molar-refractivity contribution < 1.29 is 4.39 Å². The van der Waals surface area contributed by atoms with Crippen LogP contribution in [0.15, 0.2) is 53.0 Å². The molecule has 104 valence electrons. The maximum absolute atomic E-state index is 13.1. The Balaban J connectivity index is 1.93. The summed E-state index contributed by atoms with van der Waals surface area (Å²) in [4.78, 5) is 0. The van der Waals surface area contributed by atoms with Crippen LogP contribution in [0.25, 0.3) is 0 Å². The third kappa shape index (κ3) is 2.94. The van der Waals surface area contributed by atoms with E-state index in [2.05, 4.69) is 39.4 Å². The lowest BCUT2D eigenvalue weighted by Gasteiger charge is -2.33. The number of halogens is 2. The number of hydrogen-bond donors (Lipinski definition) is 1. The molecule has 0 saturated carbocycles. The zero-order valence-corrected chi connectivity index (χ0v) is 12.7. The molecule has 2 atom stereocenters. The summed E-state index contributed by atoms with van der Waals surface area (Å²) < 4.78 is 14.2. The molecule has 2 aromatic carbocycles. The molecule has 3 rings (SSSR count). The summed E-state index contributed by atoms with van der Waals surface area (Å²) in [5, 5.41) is 3.47. The van der Waals surface area contributed by atoms with Gasteiger partial charge in [0.1, 0.15) is 5.82 Å². The summed E-state index contributed by atoms with van der Waals surface area (Å²) in [6.45, 7) is 1.99. The first-order chi connectivity index (χ1) is 9.74. The second-order valence-corrected chi connectivity index (χ2v) is 6.23. The van der Waals surface area contributed by atoms with E-state index in [0.717, 1.165) is 24.0 Å². The number of benzene rings is 2. The van der Waals surface area contributed by atoms with E-state index in [1.165, 1.54) is 11.1 Å². The van der Waals surface area contributed by atoms with E-state index in [0.29, 0.717) is 11.8 Å². The fraction of sp³-hybridized carbons (Fsp3) is 0.294. The Kier molecular flexibility index (Phi) is 4.18. The molecule has 0 aromatic heterocycles. The zero-order valence-electron chi connectivity index (χ0n) is 11.2. The van der Waals surface area contributed by atoms with Crippen molar-refractivity contribution in [1.29, 1.82) is 0 Å². The molecule has 0 aliphatic carbocycles. The molecule has 0 amide bonds. The number of hydrogen-bond acceptors (Lipinski definition) is 1. The van der Waals surface area contributed by atoms with E-state index >= 15 is 0 Å². The van der Waals surface area contributed by atoms with Crippen molar-refractivity contribution in [2.24, 2.45) is 0 Å². The summed E-state index contributed by atoms with van der Waals surface area (Å²) in [5.41, 5.74) is 2.57. The van der Waals surface area contributed by atoms with Gasteiger partial charge in [-0.1, -0.05) is 40.2 Å². The van der Waals surface area contributed by atoms with Gasteiger partial charge in [-0.2, -0.15) is 0 Å². The first kappa shape index (κ1) is 13.8. The fourth-order valence-corrected chi connectivity index (χ4v) is 3.47. The molecule has 1 nitrogen and oxygen atoms in total. The highest BCUT2D eigenvalue weighted by Crippen LogP contribution is 2.37. The number of rotatable bonds is 2. The topological polar surface area (TPSA) is 12.0 Å². The summed E-state index contributed by atoms with van der Waals surface area (Å²) in [6.07, 6.45) is 1.09. The van der Waals surface area contributed by atoms with Gasteiger partial charge in [-0.3, -0.25) is 0 Å². The maximum Gasteiger partial charge on any atom is 0.123 e. The summed E-state index contributed by atoms with van der Waals surface area (Å²) in [6, 6.07) is 15.5. The van der Waals surface area contributed by atoms with Gasteiger partial charge < -0.3 is 5.32 Å². The molecule has 1 aliphatic rings. The molecule has 1 fully saturated rings. The lowest BCUT2D eigenvalue weighted by atomic mass is 9.77. The summed E-state index contributed by atoms with van der Waals surface area (Å²) >= 11 is 3.54. The van der Waals surface area contributed by atoms with Gasteiger partial charge in [-0.15, -0.1) is 0 Å². The van der Waals surface area contributed by atoms with Crippen LogP contribution < -0.4 is 5.32 Å². The standard InChI is InChI=1S/C17H17BrFN/c18-14-3-1-2-13(10-14)17-11-20-9-8-16(17)12-4-6-15(19)7-5-12/h1-7,10,16-17,20H,8-9,11H2. The molecule has 20 heavy (non-hydrogen) atoms. The van der Waals surface area contributed by atoms with Crippen molar-refractivity contribution >= 4 is 15.9 Å². The SMILES string of the molecule is Fc1ccc(C2CCNCC2c2cccc(Br)c2)cc1. The minimum Gasteiger partial charge on any atom is -0.316 e. The lowest BCUT2D eigenvalue weighted by molar-refractivity contribution is 0.403. The second kappa shape index (κ2) is 6.06. The van der Waals surface area contributed by atoms with Gasteiger partial charge in [0, 0.05) is 16.9 Å². The number of piperidine rings is 1. The van der Waals surface area contributed by atoms with Gasteiger partial charge in [0.05, 0.1) is 0 Å². The normalized spacial score (nSPS) is 22.7. The summed E-state index contributed by atoms with van der Waals surface area (Å²) in [7, 11) is 0. The van der Waals surface area contributed by atoms with Gasteiger partial charge in [0.15, 0.2) is 0 Å². The predicted molar refractivity (Wildman–Crippen MR) is 83.5 cm³/mol. The van der Waals surface area contributed by atoms with Crippen LogP contribution >= 0.6 is 15.9 Å². The first-order valence-corrected chi connectivity index (χ1v) is 7.75. The molecule has 1 saturated heterocycles. The molecular formula is C17H17BrFN. The monoisotopic (exact) mass is 333 g/mol. The smallest absolute Gasteiger partial charge is 0.123 e. The van der Waals surface area contributed by atoms with E-state index in [1.54, 1.807) is 12.1 Å². The van der Waals surface area contributed by atoms with Crippen LogP contribution in [-0.4, -0.2) is 13.1 Å². The van der Waals surface area contributed by atoms with Crippen LogP contribution in [0.3, 0.4) is 0 Å². The van der Waals surface area contributed by atoms with Crippen molar-refractivity contribution in [2.75, 3.05) is 13.1 Å². The Morgan fingerprint density at radius 1 is 1.00 bits per heavy atom. The van der Waals surface area contributed by atoms with Crippen molar-refractivity contribution in [3.05, 3.63) is 69.9 Å². The highest BCUT2D eigenvalue weighted by molar-refractivity contribution is 9.10. The Morgan fingerprint density at radius 2 is 1.80 bits per heavy atom. The Morgan fingerprint density at radius 3 is 2.55 bits per heavy atom. The molecule has 1 aliphatic heterocycles. The molecule has 1 heterocycles. The minimum atomic E-state index is -0.165. The average Bonchev–Trinajstić information content (AvgIpc) is 2.48. The second-order valence-electron chi connectivity index (χ2n) is 5.31. The van der Waals surface area contributed by atoms with Gasteiger partial charge >= 0.3 is 0 Å². The molecule has 0 radical (unpaired) electrons. The Hall–Kier alpha value is -1.19. The summed E-state index contributed by atoms with van der Waals surface area (Å²) in [5.74, 6) is 0.722. The molecule has 0 spiro atoms. The third-order valence-corrected chi connectivity index (χ3v) is 4.55. The maximum atomic E-state index is 13.1. The van der Waals surface area contributed by atoms with Crippen LogP contribution in [0.2, 0.25) is 0 Å². The number of nitrogens with one attached hydrogen (secondary N) is 1. The first-order valence-electron chi connectivity index (χ1n) is 6.95. The van der Waals surface area contributed by atoms with Crippen LogP contribution in [0, 0.1) is 5.82 Å². The van der Waals surface area contributed by atoms with Crippen LogP contribution in [-0.2, 0) is 0 Å². The lowest BCUT2D eigenvalue weighted by Crippen LogP contribution is -2.34. The quantitative estimate of drug-likeness (QED) is 0.856. The van der Waals surface area contributed by atoms with Gasteiger partial charge in [0.25, 0.3) is 0 Å². The molecule has 2 unspecified atom stereocenters.